The van der Waals surface area contributed by atoms with Crippen LogP contribution in [-0.2, 0) is 9.53 Å². The Morgan fingerprint density at radius 1 is 1.26 bits per heavy atom. The highest BCUT2D eigenvalue weighted by molar-refractivity contribution is 7.10. The maximum absolute atomic E-state index is 13.5. The standard InChI is InChI=1S/C26H26N2O4S2/c1-5-12-31-19-10-8-18(9-11-19)14-21-24(29)28-23(20-7-6-13-33-20)22(17(4)27-26(28)34-21)25(30)32-15-16(2)3/h5-11,13-14,16,23H,1,12,15H2,2-4H3. The zero-order chi connectivity index (χ0) is 24.2. The number of carbonyl (C=O) groups excluding carboxylic acids is 1. The summed E-state index contributed by atoms with van der Waals surface area (Å²) in [6.07, 6.45) is 3.52. The fraction of sp³-hybridized carbons (Fsp3) is 0.269. The van der Waals surface area contributed by atoms with Crippen LogP contribution in [0.2, 0.25) is 0 Å². The van der Waals surface area contributed by atoms with E-state index in [2.05, 4.69) is 11.6 Å². The number of aromatic nitrogens is 1. The maximum Gasteiger partial charge on any atom is 0.338 e. The summed E-state index contributed by atoms with van der Waals surface area (Å²) in [5.41, 5.74) is 1.67. The van der Waals surface area contributed by atoms with Crippen molar-refractivity contribution in [3.63, 3.8) is 0 Å². The molecule has 0 saturated carbocycles. The lowest BCUT2D eigenvalue weighted by molar-refractivity contribution is -0.140. The van der Waals surface area contributed by atoms with Gasteiger partial charge in [-0.2, -0.15) is 0 Å². The van der Waals surface area contributed by atoms with Crippen molar-refractivity contribution < 1.29 is 14.3 Å². The van der Waals surface area contributed by atoms with E-state index < -0.39 is 12.0 Å². The van der Waals surface area contributed by atoms with E-state index in [0.717, 1.165) is 16.2 Å². The summed E-state index contributed by atoms with van der Waals surface area (Å²) in [4.78, 5) is 32.7. The molecule has 2 aromatic heterocycles. The van der Waals surface area contributed by atoms with Crippen molar-refractivity contribution in [3.05, 3.63) is 95.8 Å². The van der Waals surface area contributed by atoms with Crippen LogP contribution in [0.3, 0.4) is 0 Å². The Bertz CT molecular complexity index is 1390. The first-order chi connectivity index (χ1) is 16.4. The van der Waals surface area contributed by atoms with Crippen LogP contribution in [0, 0.1) is 5.92 Å². The van der Waals surface area contributed by atoms with Crippen LogP contribution in [-0.4, -0.2) is 23.8 Å². The normalized spacial score (nSPS) is 15.8. The Morgan fingerprint density at radius 2 is 2.03 bits per heavy atom. The number of allylic oxidation sites excluding steroid dienone is 1. The van der Waals surface area contributed by atoms with Gasteiger partial charge in [0.25, 0.3) is 5.56 Å². The van der Waals surface area contributed by atoms with E-state index in [1.54, 1.807) is 17.6 Å². The number of esters is 1. The molecule has 0 bridgehead atoms. The Labute approximate surface area is 205 Å². The number of rotatable bonds is 8. The third kappa shape index (κ3) is 4.98. The molecule has 0 amide bonds. The van der Waals surface area contributed by atoms with Gasteiger partial charge in [-0.25, -0.2) is 9.79 Å². The summed E-state index contributed by atoms with van der Waals surface area (Å²) in [6.45, 7) is 10.2. The van der Waals surface area contributed by atoms with Crippen LogP contribution < -0.4 is 19.6 Å². The molecular weight excluding hydrogens is 468 g/mol. The highest BCUT2D eigenvalue weighted by atomic mass is 32.1. The van der Waals surface area contributed by atoms with Gasteiger partial charge in [0.1, 0.15) is 18.4 Å². The molecule has 0 saturated heterocycles. The molecule has 4 rings (SSSR count). The van der Waals surface area contributed by atoms with Gasteiger partial charge in [0.2, 0.25) is 0 Å². The largest absolute Gasteiger partial charge is 0.490 e. The Morgan fingerprint density at radius 3 is 2.68 bits per heavy atom. The number of benzene rings is 1. The molecule has 1 aliphatic heterocycles. The zero-order valence-electron chi connectivity index (χ0n) is 19.3. The molecule has 0 radical (unpaired) electrons. The average molecular weight is 495 g/mol. The SMILES string of the molecule is C=CCOc1ccc(C=c2sc3n(c2=O)C(c2cccs2)C(C(=O)OCC(C)C)=C(C)N=3)cc1. The lowest BCUT2D eigenvalue weighted by Gasteiger charge is -2.23. The first kappa shape index (κ1) is 23.9. The molecule has 8 heteroatoms. The van der Waals surface area contributed by atoms with Gasteiger partial charge in [0, 0.05) is 4.88 Å². The molecule has 0 aliphatic carbocycles. The van der Waals surface area contributed by atoms with Crippen LogP contribution in [0.4, 0.5) is 0 Å². The highest BCUT2D eigenvalue weighted by Gasteiger charge is 2.34. The number of ether oxygens (including phenoxy) is 2. The average Bonchev–Trinajstić information content (AvgIpc) is 3.45. The summed E-state index contributed by atoms with van der Waals surface area (Å²) < 4.78 is 13.2. The van der Waals surface area contributed by atoms with Gasteiger partial charge in [-0.3, -0.25) is 9.36 Å². The molecule has 34 heavy (non-hydrogen) atoms. The van der Waals surface area contributed by atoms with E-state index in [4.69, 9.17) is 9.47 Å². The topological polar surface area (TPSA) is 69.9 Å². The summed E-state index contributed by atoms with van der Waals surface area (Å²) >= 11 is 2.81. The second-order valence-corrected chi connectivity index (χ2v) is 10.2. The Balaban J connectivity index is 1.78. The third-order valence-corrected chi connectivity index (χ3v) is 7.06. The number of fused-ring (bicyclic) bond motifs is 1. The van der Waals surface area contributed by atoms with Gasteiger partial charge >= 0.3 is 5.97 Å². The smallest absolute Gasteiger partial charge is 0.338 e. The minimum Gasteiger partial charge on any atom is -0.490 e. The van der Waals surface area contributed by atoms with Gasteiger partial charge in [0.15, 0.2) is 4.80 Å². The summed E-state index contributed by atoms with van der Waals surface area (Å²) in [5, 5.41) is 1.94. The number of carbonyl (C=O) groups is 1. The third-order valence-electron chi connectivity index (χ3n) is 5.15. The molecule has 6 nitrogen and oxygen atoms in total. The fourth-order valence-corrected chi connectivity index (χ4v) is 5.46. The van der Waals surface area contributed by atoms with E-state index in [-0.39, 0.29) is 11.5 Å². The first-order valence-electron chi connectivity index (χ1n) is 11.0. The lowest BCUT2D eigenvalue weighted by Crippen LogP contribution is -2.39. The molecule has 3 aromatic rings. The second-order valence-electron chi connectivity index (χ2n) is 8.26. The van der Waals surface area contributed by atoms with Crippen molar-refractivity contribution in [3.8, 4) is 5.75 Å². The first-order valence-corrected chi connectivity index (χ1v) is 12.7. The van der Waals surface area contributed by atoms with Crippen molar-refractivity contribution in [2.24, 2.45) is 10.9 Å². The van der Waals surface area contributed by atoms with Crippen molar-refractivity contribution in [2.75, 3.05) is 13.2 Å². The molecule has 0 spiro atoms. The summed E-state index contributed by atoms with van der Waals surface area (Å²) in [5.74, 6) is 0.508. The van der Waals surface area contributed by atoms with Crippen LogP contribution in [0.1, 0.15) is 37.3 Å². The molecule has 1 unspecified atom stereocenters. The van der Waals surface area contributed by atoms with E-state index in [0.29, 0.717) is 33.8 Å². The molecule has 1 aromatic carbocycles. The predicted octanol–water partition coefficient (Wildman–Crippen LogP) is 4.06. The van der Waals surface area contributed by atoms with Gasteiger partial charge in [-0.05, 0) is 48.1 Å². The van der Waals surface area contributed by atoms with Crippen molar-refractivity contribution in [2.45, 2.75) is 26.8 Å². The Kier molecular flexibility index (Phi) is 7.29. The van der Waals surface area contributed by atoms with Crippen LogP contribution in [0.25, 0.3) is 6.08 Å². The molecule has 3 heterocycles. The number of hydrogen-bond acceptors (Lipinski definition) is 7. The zero-order valence-corrected chi connectivity index (χ0v) is 20.9. The van der Waals surface area contributed by atoms with E-state index in [1.807, 2.05) is 61.7 Å². The number of thiazole rings is 1. The van der Waals surface area contributed by atoms with Crippen LogP contribution in [0.5, 0.6) is 5.75 Å². The highest BCUT2D eigenvalue weighted by Crippen LogP contribution is 2.33. The van der Waals surface area contributed by atoms with E-state index >= 15 is 0 Å². The quantitative estimate of drug-likeness (QED) is 0.350. The molecule has 1 aliphatic rings. The molecular formula is C26H26N2O4S2. The minimum atomic E-state index is -0.562. The summed E-state index contributed by atoms with van der Waals surface area (Å²) in [7, 11) is 0. The van der Waals surface area contributed by atoms with E-state index in [9.17, 15) is 9.59 Å². The fourth-order valence-electron chi connectivity index (χ4n) is 3.59. The van der Waals surface area contributed by atoms with Gasteiger partial charge in [-0.15, -0.1) is 11.3 Å². The van der Waals surface area contributed by atoms with Crippen molar-refractivity contribution in [1.29, 1.82) is 0 Å². The Hall–Kier alpha value is -3.23. The minimum absolute atomic E-state index is 0.184. The second kappa shape index (κ2) is 10.4. The molecule has 176 valence electrons. The van der Waals surface area contributed by atoms with Crippen LogP contribution >= 0.6 is 22.7 Å². The molecule has 0 N–H and O–H groups in total. The van der Waals surface area contributed by atoms with E-state index in [1.165, 1.54) is 22.7 Å². The van der Waals surface area contributed by atoms with Gasteiger partial charge in [-0.1, -0.05) is 56.0 Å². The van der Waals surface area contributed by atoms with Crippen molar-refractivity contribution in [1.82, 2.24) is 4.57 Å². The predicted molar refractivity (Wildman–Crippen MR) is 136 cm³/mol. The van der Waals surface area contributed by atoms with Gasteiger partial charge < -0.3 is 9.47 Å². The lowest BCUT2D eigenvalue weighted by atomic mass is 10.0. The molecule has 1 atom stereocenters. The van der Waals surface area contributed by atoms with Crippen LogP contribution in [0.15, 0.2) is 75.5 Å². The summed E-state index contributed by atoms with van der Waals surface area (Å²) in [6, 6.07) is 10.8. The monoisotopic (exact) mass is 494 g/mol. The number of nitrogens with zero attached hydrogens (tertiary/aromatic N) is 2. The maximum atomic E-state index is 13.5. The molecule has 0 fully saturated rings. The number of thiophene rings is 1. The van der Waals surface area contributed by atoms with Crippen molar-refractivity contribution >= 4 is 34.7 Å². The number of hydrogen-bond donors (Lipinski definition) is 0. The van der Waals surface area contributed by atoms with Gasteiger partial charge in [0.05, 0.1) is 22.4 Å².